The second kappa shape index (κ2) is 9.43. The summed E-state index contributed by atoms with van der Waals surface area (Å²) in [5, 5.41) is 10.9. The number of rotatable bonds is 9. The third-order valence-electron chi connectivity index (χ3n) is 4.11. The molecular weight excluding hydrogens is 340 g/mol. The Balaban J connectivity index is 1.69. The van der Waals surface area contributed by atoms with E-state index in [1.54, 1.807) is 0 Å². The van der Waals surface area contributed by atoms with Crippen LogP contribution in [0.3, 0.4) is 0 Å². The second-order valence-corrected chi connectivity index (χ2v) is 6.18. The molecule has 0 bridgehead atoms. The number of hydrogen-bond donors (Lipinski definition) is 0. The molecule has 1 unspecified atom stereocenters. The predicted octanol–water partition coefficient (Wildman–Crippen LogP) is 3.92. The van der Waals surface area contributed by atoms with Gasteiger partial charge in [0.15, 0.2) is 0 Å². The van der Waals surface area contributed by atoms with Crippen LogP contribution in [0.1, 0.15) is 30.1 Å². The van der Waals surface area contributed by atoms with Gasteiger partial charge in [-0.2, -0.15) is 0 Å². The molecule has 0 heterocycles. The summed E-state index contributed by atoms with van der Waals surface area (Å²) < 4.78 is 11.9. The number of carboxylic acids is 1. The zero-order chi connectivity index (χ0) is 18.9. The summed E-state index contributed by atoms with van der Waals surface area (Å²) in [7, 11) is 0. The Labute approximate surface area is 159 Å². The summed E-state index contributed by atoms with van der Waals surface area (Å²) in [5.41, 5.74) is 2.01. The summed E-state index contributed by atoms with van der Waals surface area (Å²) >= 11 is 0. The van der Waals surface area contributed by atoms with E-state index >= 15 is 0 Å². The molecule has 138 valence electrons. The molecule has 0 N–H and O–H groups in total. The molecule has 27 heavy (non-hydrogen) atoms. The van der Waals surface area contributed by atoms with Crippen molar-refractivity contribution < 1.29 is 19.4 Å². The summed E-state index contributed by atoms with van der Waals surface area (Å²) in [6.45, 7) is 0.469. The van der Waals surface area contributed by atoms with E-state index in [-0.39, 0.29) is 12.5 Å². The van der Waals surface area contributed by atoms with E-state index in [1.165, 1.54) is 0 Å². The zero-order valence-corrected chi connectivity index (χ0v) is 14.9. The Morgan fingerprint density at radius 3 is 2.22 bits per heavy atom. The molecule has 0 spiro atoms. The highest BCUT2D eigenvalue weighted by atomic mass is 16.5. The van der Waals surface area contributed by atoms with Gasteiger partial charge in [0.05, 0.1) is 0 Å². The molecule has 3 rings (SSSR count). The Morgan fingerprint density at radius 1 is 0.852 bits per heavy atom. The largest absolute Gasteiger partial charge is 0.550 e. The third kappa shape index (κ3) is 5.89. The van der Waals surface area contributed by atoms with E-state index in [0.29, 0.717) is 24.5 Å². The minimum absolute atomic E-state index is 0.0657. The maximum atomic E-state index is 10.9. The first-order valence-corrected chi connectivity index (χ1v) is 8.89. The lowest BCUT2D eigenvalue weighted by Crippen LogP contribution is -2.23. The summed E-state index contributed by atoms with van der Waals surface area (Å²) in [6, 6.07) is 26.9. The molecular formula is C23H21O4-. The van der Waals surface area contributed by atoms with Crippen LogP contribution < -0.4 is 14.6 Å². The fraction of sp³-hybridized carbons (Fsp3) is 0.174. The minimum atomic E-state index is -1.08. The molecule has 0 aromatic heterocycles. The molecule has 0 saturated carbocycles. The molecule has 0 aliphatic carbocycles. The van der Waals surface area contributed by atoms with Crippen LogP contribution in [0.4, 0.5) is 0 Å². The van der Waals surface area contributed by atoms with Gasteiger partial charge in [0.1, 0.15) is 24.2 Å². The van der Waals surface area contributed by atoms with Crippen molar-refractivity contribution in [3.63, 3.8) is 0 Å². The van der Waals surface area contributed by atoms with Crippen molar-refractivity contribution in [2.75, 3.05) is 0 Å². The van der Waals surface area contributed by atoms with Gasteiger partial charge >= 0.3 is 0 Å². The van der Waals surface area contributed by atoms with Crippen molar-refractivity contribution in [1.82, 2.24) is 0 Å². The third-order valence-corrected chi connectivity index (χ3v) is 4.11. The van der Waals surface area contributed by atoms with E-state index in [1.807, 2.05) is 84.9 Å². The molecule has 0 fully saturated rings. The molecule has 0 saturated heterocycles. The average Bonchev–Trinajstić information content (AvgIpc) is 2.71. The SMILES string of the molecule is O=C([O-])CCC(Oc1cccc(OCc2ccccc2)c1)c1ccccc1. The van der Waals surface area contributed by atoms with Crippen LogP contribution in [0, 0.1) is 0 Å². The van der Waals surface area contributed by atoms with Crippen molar-refractivity contribution in [3.8, 4) is 11.5 Å². The van der Waals surface area contributed by atoms with Gasteiger partial charge in [-0.15, -0.1) is 0 Å². The average molecular weight is 361 g/mol. The van der Waals surface area contributed by atoms with Crippen LogP contribution in [0.5, 0.6) is 11.5 Å². The molecule has 0 amide bonds. The fourth-order valence-corrected chi connectivity index (χ4v) is 2.75. The van der Waals surface area contributed by atoms with Gasteiger partial charge in [-0.1, -0.05) is 66.7 Å². The van der Waals surface area contributed by atoms with Crippen molar-refractivity contribution in [2.24, 2.45) is 0 Å². The van der Waals surface area contributed by atoms with Gasteiger partial charge in [0, 0.05) is 12.0 Å². The molecule has 3 aromatic carbocycles. The van der Waals surface area contributed by atoms with Crippen LogP contribution in [-0.2, 0) is 11.4 Å². The predicted molar refractivity (Wildman–Crippen MR) is 101 cm³/mol. The van der Waals surface area contributed by atoms with Crippen LogP contribution in [0.2, 0.25) is 0 Å². The maximum absolute atomic E-state index is 10.9. The Hall–Kier alpha value is -3.27. The summed E-state index contributed by atoms with van der Waals surface area (Å²) in [6.07, 6.45) is -0.0981. The molecule has 0 aliphatic rings. The lowest BCUT2D eigenvalue weighted by Gasteiger charge is -2.20. The first kappa shape index (κ1) is 18.5. The fourth-order valence-electron chi connectivity index (χ4n) is 2.75. The van der Waals surface area contributed by atoms with E-state index < -0.39 is 5.97 Å². The van der Waals surface area contributed by atoms with Crippen LogP contribution >= 0.6 is 0 Å². The van der Waals surface area contributed by atoms with Crippen molar-refractivity contribution >= 4 is 5.97 Å². The lowest BCUT2D eigenvalue weighted by molar-refractivity contribution is -0.306. The van der Waals surface area contributed by atoms with Crippen molar-refractivity contribution in [2.45, 2.75) is 25.6 Å². The molecule has 4 heteroatoms. The topological polar surface area (TPSA) is 58.6 Å². The van der Waals surface area contributed by atoms with E-state index in [2.05, 4.69) is 0 Å². The van der Waals surface area contributed by atoms with Crippen LogP contribution in [-0.4, -0.2) is 5.97 Å². The van der Waals surface area contributed by atoms with E-state index in [4.69, 9.17) is 9.47 Å². The first-order valence-electron chi connectivity index (χ1n) is 8.89. The zero-order valence-electron chi connectivity index (χ0n) is 14.9. The van der Waals surface area contributed by atoms with Gasteiger partial charge in [-0.3, -0.25) is 0 Å². The number of carboxylic acid groups (broad SMARTS) is 1. The highest BCUT2D eigenvalue weighted by Crippen LogP contribution is 2.28. The van der Waals surface area contributed by atoms with E-state index in [0.717, 1.165) is 11.1 Å². The normalized spacial score (nSPS) is 11.6. The monoisotopic (exact) mass is 361 g/mol. The number of carbonyl (C=O) groups is 1. The molecule has 0 radical (unpaired) electrons. The van der Waals surface area contributed by atoms with E-state index in [9.17, 15) is 9.90 Å². The number of ether oxygens (including phenoxy) is 2. The van der Waals surface area contributed by atoms with Crippen LogP contribution in [0.15, 0.2) is 84.9 Å². The Kier molecular flexibility index (Phi) is 6.47. The first-order chi connectivity index (χ1) is 13.2. The van der Waals surface area contributed by atoms with Gasteiger partial charge < -0.3 is 19.4 Å². The minimum Gasteiger partial charge on any atom is -0.550 e. The molecule has 3 aromatic rings. The van der Waals surface area contributed by atoms with Gasteiger partial charge in [0.2, 0.25) is 0 Å². The van der Waals surface area contributed by atoms with Gasteiger partial charge in [-0.25, -0.2) is 0 Å². The van der Waals surface area contributed by atoms with Gasteiger partial charge in [0.25, 0.3) is 0 Å². The maximum Gasteiger partial charge on any atom is 0.124 e. The molecule has 4 nitrogen and oxygen atoms in total. The number of benzene rings is 3. The van der Waals surface area contributed by atoms with Crippen LogP contribution in [0.25, 0.3) is 0 Å². The lowest BCUT2D eigenvalue weighted by atomic mass is 10.0. The highest BCUT2D eigenvalue weighted by Gasteiger charge is 2.14. The second-order valence-electron chi connectivity index (χ2n) is 6.18. The summed E-state index contributed by atoms with van der Waals surface area (Å²) in [5.74, 6) is 0.246. The Morgan fingerprint density at radius 2 is 1.52 bits per heavy atom. The molecule has 0 aliphatic heterocycles. The number of aliphatic carboxylic acids is 1. The Bertz CT molecular complexity index is 847. The summed E-state index contributed by atoms with van der Waals surface area (Å²) in [4.78, 5) is 10.9. The number of hydrogen-bond acceptors (Lipinski definition) is 4. The standard InChI is InChI=1S/C23H22O4/c24-23(25)15-14-22(19-10-5-2-6-11-19)27-21-13-7-12-20(16-21)26-17-18-8-3-1-4-9-18/h1-13,16,22H,14-15,17H2,(H,24,25)/p-1. The molecule has 1 atom stereocenters. The quantitative estimate of drug-likeness (QED) is 0.580. The number of carbonyl (C=O) groups excluding carboxylic acids is 1. The van der Waals surface area contributed by atoms with Crippen molar-refractivity contribution in [3.05, 3.63) is 96.1 Å². The van der Waals surface area contributed by atoms with Crippen molar-refractivity contribution in [1.29, 1.82) is 0 Å². The highest BCUT2D eigenvalue weighted by molar-refractivity contribution is 5.64. The smallest absolute Gasteiger partial charge is 0.124 e. The van der Waals surface area contributed by atoms with Gasteiger partial charge in [-0.05, 0) is 36.1 Å².